The highest BCUT2D eigenvalue weighted by Crippen LogP contribution is 2.07. The number of thiocarbonyl (C=S) groups is 1. The Labute approximate surface area is 117 Å². The second-order valence-corrected chi connectivity index (χ2v) is 5.33. The number of nitrogens with zero attached hydrogens (tertiary/aromatic N) is 1. The van der Waals surface area contributed by atoms with Crippen LogP contribution in [0, 0.1) is 0 Å². The van der Waals surface area contributed by atoms with E-state index in [1.807, 2.05) is 0 Å². The van der Waals surface area contributed by atoms with Crippen LogP contribution in [0.4, 0.5) is 0 Å². The third-order valence-electron chi connectivity index (χ3n) is 3.24. The zero-order valence-corrected chi connectivity index (χ0v) is 12.5. The zero-order valence-electron chi connectivity index (χ0n) is 11.7. The van der Waals surface area contributed by atoms with Crippen molar-refractivity contribution in [1.29, 1.82) is 0 Å². The highest BCUT2D eigenvalue weighted by molar-refractivity contribution is 7.80. The summed E-state index contributed by atoms with van der Waals surface area (Å²) in [5, 5.41) is 0. The monoisotopic (exact) mass is 263 g/mol. The fraction of sp³-hybridized carbons (Fsp3) is 0.562. The molecular weight excluding hydrogens is 238 g/mol. The molecule has 0 amide bonds. The van der Waals surface area contributed by atoms with E-state index in [0.717, 1.165) is 24.4 Å². The van der Waals surface area contributed by atoms with Gasteiger partial charge >= 0.3 is 0 Å². The molecule has 100 valence electrons. The van der Waals surface area contributed by atoms with Gasteiger partial charge in [0.1, 0.15) is 0 Å². The Kier molecular flexibility index (Phi) is 7.66. The lowest BCUT2D eigenvalue weighted by Crippen LogP contribution is -2.26. The molecule has 0 saturated carbocycles. The highest BCUT2D eigenvalue weighted by Gasteiger charge is 2.04. The van der Waals surface area contributed by atoms with Crippen LogP contribution in [0.15, 0.2) is 30.3 Å². The minimum Gasteiger partial charge on any atom is -0.369 e. The van der Waals surface area contributed by atoms with Gasteiger partial charge in [-0.05, 0) is 18.4 Å². The van der Waals surface area contributed by atoms with Crippen LogP contribution >= 0.6 is 12.2 Å². The summed E-state index contributed by atoms with van der Waals surface area (Å²) in [4.78, 5) is 3.34. The van der Waals surface area contributed by atoms with Crippen molar-refractivity contribution in [2.45, 2.75) is 45.4 Å². The predicted octanol–water partition coefficient (Wildman–Crippen LogP) is 4.46. The summed E-state index contributed by atoms with van der Waals surface area (Å²) in [6.07, 6.45) is 7.26. The first-order valence-electron chi connectivity index (χ1n) is 7.02. The Bertz CT molecular complexity index is 334. The molecule has 0 spiro atoms. The summed E-state index contributed by atoms with van der Waals surface area (Å²) >= 11 is 5.48. The lowest BCUT2D eigenvalue weighted by molar-refractivity contribution is 0.469. The number of aryl methyl sites for hydroxylation is 1. The average molecular weight is 263 g/mol. The van der Waals surface area contributed by atoms with Crippen LogP contribution in [0.25, 0.3) is 0 Å². The molecule has 0 fully saturated rings. The number of hydrogen-bond acceptors (Lipinski definition) is 1. The standard InChI is InChI=1S/C16H25NS/c1-3-4-5-9-14-17(2)16(18)13-12-15-10-7-6-8-11-15/h6-8,10-11H,3-5,9,12-14H2,1-2H3. The van der Waals surface area contributed by atoms with Crippen molar-refractivity contribution in [2.75, 3.05) is 13.6 Å². The topological polar surface area (TPSA) is 3.24 Å². The first kappa shape index (κ1) is 15.2. The Morgan fingerprint density at radius 2 is 1.83 bits per heavy atom. The van der Waals surface area contributed by atoms with Gasteiger partial charge in [0.15, 0.2) is 0 Å². The number of unbranched alkanes of at least 4 members (excludes halogenated alkanes) is 3. The maximum absolute atomic E-state index is 5.48. The lowest BCUT2D eigenvalue weighted by atomic mass is 10.1. The van der Waals surface area contributed by atoms with E-state index >= 15 is 0 Å². The molecule has 0 aliphatic carbocycles. The van der Waals surface area contributed by atoms with Gasteiger partial charge in [-0.1, -0.05) is 68.7 Å². The second-order valence-electron chi connectivity index (χ2n) is 4.86. The van der Waals surface area contributed by atoms with E-state index in [0.29, 0.717) is 0 Å². The van der Waals surface area contributed by atoms with Crippen LogP contribution in [0.5, 0.6) is 0 Å². The van der Waals surface area contributed by atoms with E-state index in [2.05, 4.69) is 49.2 Å². The summed E-state index contributed by atoms with van der Waals surface area (Å²) < 4.78 is 0. The lowest BCUT2D eigenvalue weighted by Gasteiger charge is -2.20. The fourth-order valence-corrected chi connectivity index (χ4v) is 2.18. The van der Waals surface area contributed by atoms with E-state index in [1.54, 1.807) is 0 Å². The molecule has 0 heterocycles. The molecule has 0 aliphatic rings. The molecule has 0 bridgehead atoms. The first-order chi connectivity index (χ1) is 8.74. The second kappa shape index (κ2) is 9.09. The van der Waals surface area contributed by atoms with Crippen molar-refractivity contribution in [1.82, 2.24) is 4.90 Å². The number of rotatable bonds is 8. The maximum Gasteiger partial charge on any atom is 0.0780 e. The maximum atomic E-state index is 5.48. The molecule has 1 rings (SSSR count). The van der Waals surface area contributed by atoms with Crippen LogP contribution in [-0.2, 0) is 6.42 Å². The van der Waals surface area contributed by atoms with E-state index in [-0.39, 0.29) is 0 Å². The Morgan fingerprint density at radius 3 is 2.50 bits per heavy atom. The first-order valence-corrected chi connectivity index (χ1v) is 7.42. The molecule has 0 atom stereocenters. The van der Waals surface area contributed by atoms with Gasteiger partial charge < -0.3 is 4.90 Å². The molecule has 0 N–H and O–H groups in total. The average Bonchev–Trinajstić information content (AvgIpc) is 2.42. The summed E-state index contributed by atoms with van der Waals surface area (Å²) in [5.74, 6) is 0. The highest BCUT2D eigenvalue weighted by atomic mass is 32.1. The van der Waals surface area contributed by atoms with E-state index in [4.69, 9.17) is 12.2 Å². The zero-order chi connectivity index (χ0) is 13.2. The molecule has 1 nitrogen and oxygen atoms in total. The smallest absolute Gasteiger partial charge is 0.0780 e. The molecule has 1 aromatic rings. The van der Waals surface area contributed by atoms with Crippen molar-refractivity contribution >= 4 is 17.2 Å². The Morgan fingerprint density at radius 1 is 1.11 bits per heavy atom. The van der Waals surface area contributed by atoms with Crippen molar-refractivity contribution < 1.29 is 0 Å². The SMILES string of the molecule is CCCCCCN(C)C(=S)CCc1ccccc1. The van der Waals surface area contributed by atoms with Gasteiger partial charge in [0.05, 0.1) is 4.99 Å². The molecule has 0 aromatic heterocycles. The molecule has 0 unspecified atom stereocenters. The molecular formula is C16H25NS. The Balaban J connectivity index is 2.19. The quantitative estimate of drug-likeness (QED) is 0.503. The summed E-state index contributed by atoms with van der Waals surface area (Å²) in [6, 6.07) is 10.6. The Hall–Kier alpha value is -0.890. The summed E-state index contributed by atoms with van der Waals surface area (Å²) in [7, 11) is 2.12. The van der Waals surface area contributed by atoms with Gasteiger partial charge in [-0.15, -0.1) is 0 Å². The molecule has 0 radical (unpaired) electrons. The fourth-order valence-electron chi connectivity index (χ4n) is 1.99. The van der Waals surface area contributed by atoms with E-state index in [9.17, 15) is 0 Å². The van der Waals surface area contributed by atoms with Crippen LogP contribution in [0.2, 0.25) is 0 Å². The predicted molar refractivity (Wildman–Crippen MR) is 84.1 cm³/mol. The van der Waals surface area contributed by atoms with Crippen molar-refractivity contribution in [2.24, 2.45) is 0 Å². The van der Waals surface area contributed by atoms with Gasteiger partial charge in [0.25, 0.3) is 0 Å². The van der Waals surface area contributed by atoms with Crippen LogP contribution in [-0.4, -0.2) is 23.5 Å². The molecule has 18 heavy (non-hydrogen) atoms. The largest absolute Gasteiger partial charge is 0.369 e. The van der Waals surface area contributed by atoms with Gasteiger partial charge in [-0.2, -0.15) is 0 Å². The van der Waals surface area contributed by atoms with Crippen LogP contribution in [0.1, 0.15) is 44.6 Å². The van der Waals surface area contributed by atoms with Gasteiger partial charge in [0, 0.05) is 20.0 Å². The van der Waals surface area contributed by atoms with Crippen molar-refractivity contribution in [3.63, 3.8) is 0 Å². The third-order valence-corrected chi connectivity index (χ3v) is 3.76. The minimum atomic E-state index is 0.990. The molecule has 1 aromatic carbocycles. The van der Waals surface area contributed by atoms with E-state index in [1.165, 1.54) is 31.2 Å². The summed E-state index contributed by atoms with van der Waals surface area (Å²) in [6.45, 7) is 3.35. The molecule has 2 heteroatoms. The minimum absolute atomic E-state index is 0.990. The van der Waals surface area contributed by atoms with E-state index < -0.39 is 0 Å². The van der Waals surface area contributed by atoms with Crippen molar-refractivity contribution in [3.05, 3.63) is 35.9 Å². The van der Waals surface area contributed by atoms with Gasteiger partial charge in [-0.3, -0.25) is 0 Å². The molecule has 0 aliphatic heterocycles. The van der Waals surface area contributed by atoms with Gasteiger partial charge in [-0.25, -0.2) is 0 Å². The van der Waals surface area contributed by atoms with Crippen LogP contribution < -0.4 is 0 Å². The van der Waals surface area contributed by atoms with Gasteiger partial charge in [0.2, 0.25) is 0 Å². The number of benzene rings is 1. The van der Waals surface area contributed by atoms with Crippen molar-refractivity contribution in [3.8, 4) is 0 Å². The molecule has 0 saturated heterocycles. The summed E-state index contributed by atoms with van der Waals surface area (Å²) in [5.41, 5.74) is 1.37. The normalized spacial score (nSPS) is 10.3. The van der Waals surface area contributed by atoms with Crippen LogP contribution in [0.3, 0.4) is 0 Å². The third kappa shape index (κ3) is 6.15. The number of hydrogen-bond donors (Lipinski definition) is 0.